The van der Waals surface area contributed by atoms with Gasteiger partial charge in [-0.15, -0.1) is 0 Å². The number of aryl methyl sites for hydroxylation is 1. The third-order valence-corrected chi connectivity index (χ3v) is 6.87. The molecule has 5 rings (SSSR count). The number of anilines is 1. The maximum atomic E-state index is 13.4. The van der Waals surface area contributed by atoms with Gasteiger partial charge in [-0.05, 0) is 42.0 Å². The second kappa shape index (κ2) is 11.5. The molecule has 1 fully saturated rings. The first-order chi connectivity index (χ1) is 19.2. The number of rotatable bonds is 8. The van der Waals surface area contributed by atoms with Crippen molar-refractivity contribution in [2.75, 3.05) is 45.2 Å². The van der Waals surface area contributed by atoms with Gasteiger partial charge in [-0.2, -0.15) is 13.2 Å². The number of carbonyl (C=O) groups excluding carboxylic acids is 1. The lowest BCUT2D eigenvalue weighted by Crippen LogP contribution is -2.48. The molecule has 0 spiro atoms. The summed E-state index contributed by atoms with van der Waals surface area (Å²) in [7, 11) is 3.70. The minimum Gasteiger partial charge on any atom is -0.484 e. The Morgan fingerprint density at radius 1 is 0.975 bits per heavy atom. The minimum absolute atomic E-state index is 0.0312. The number of hydrogen-bond acceptors (Lipinski definition) is 6. The van der Waals surface area contributed by atoms with Crippen LogP contribution >= 0.6 is 0 Å². The Kier molecular flexibility index (Phi) is 7.83. The van der Waals surface area contributed by atoms with Gasteiger partial charge >= 0.3 is 6.18 Å². The highest BCUT2D eigenvalue weighted by Crippen LogP contribution is 2.28. The number of piperazine rings is 1. The zero-order valence-electron chi connectivity index (χ0n) is 22.2. The summed E-state index contributed by atoms with van der Waals surface area (Å²) >= 11 is 0. The van der Waals surface area contributed by atoms with Crippen LogP contribution in [0.1, 0.15) is 16.1 Å². The van der Waals surface area contributed by atoms with Crippen LogP contribution in [0.3, 0.4) is 0 Å². The Labute approximate surface area is 229 Å². The van der Waals surface area contributed by atoms with Crippen molar-refractivity contribution in [1.29, 1.82) is 0 Å². The number of pyridine rings is 1. The van der Waals surface area contributed by atoms with Crippen LogP contribution in [-0.4, -0.2) is 71.3 Å². The number of fused-ring (bicyclic) bond motifs is 1. The van der Waals surface area contributed by atoms with Crippen molar-refractivity contribution in [2.45, 2.75) is 12.7 Å². The molecule has 0 unspecified atom stereocenters. The molecule has 2 aromatic carbocycles. The number of alkyl halides is 3. The van der Waals surface area contributed by atoms with Gasteiger partial charge in [-0.3, -0.25) is 9.69 Å². The van der Waals surface area contributed by atoms with E-state index in [0.29, 0.717) is 50.0 Å². The number of nitrogens with zero attached hydrogens (tertiary/aromatic N) is 4. The largest absolute Gasteiger partial charge is 0.484 e. The van der Waals surface area contributed by atoms with Crippen molar-refractivity contribution in [3.8, 4) is 17.4 Å². The number of carbonyl (C=O) groups is 1. The number of benzene rings is 2. The van der Waals surface area contributed by atoms with E-state index < -0.39 is 12.8 Å². The highest BCUT2D eigenvalue weighted by atomic mass is 19.4. The molecular weight excluding hydrogens is 523 g/mol. The predicted octanol–water partition coefficient (Wildman–Crippen LogP) is 5.31. The van der Waals surface area contributed by atoms with Crippen LogP contribution in [0.2, 0.25) is 0 Å². The lowest BCUT2D eigenvalue weighted by atomic mass is 10.2. The first-order valence-electron chi connectivity index (χ1n) is 12.9. The van der Waals surface area contributed by atoms with Gasteiger partial charge < -0.3 is 24.3 Å². The molecule has 0 atom stereocenters. The van der Waals surface area contributed by atoms with Crippen LogP contribution < -0.4 is 14.8 Å². The molecule has 3 heterocycles. The van der Waals surface area contributed by atoms with Crippen LogP contribution in [0, 0.1) is 0 Å². The average Bonchev–Trinajstić information content (AvgIpc) is 3.28. The number of nitrogens with one attached hydrogen (secondary N) is 1. The molecule has 210 valence electrons. The van der Waals surface area contributed by atoms with E-state index in [4.69, 9.17) is 9.47 Å². The molecule has 11 heteroatoms. The van der Waals surface area contributed by atoms with Gasteiger partial charge in [0.25, 0.3) is 5.91 Å². The van der Waals surface area contributed by atoms with Crippen molar-refractivity contribution < 1.29 is 27.4 Å². The Hall–Kier alpha value is -4.25. The van der Waals surface area contributed by atoms with E-state index in [1.807, 2.05) is 53.9 Å². The molecule has 1 N–H and O–H groups in total. The molecule has 8 nitrogen and oxygen atoms in total. The van der Waals surface area contributed by atoms with Crippen molar-refractivity contribution in [3.63, 3.8) is 0 Å². The second-order valence-corrected chi connectivity index (χ2v) is 9.66. The van der Waals surface area contributed by atoms with Gasteiger partial charge in [0.15, 0.2) is 6.61 Å². The summed E-state index contributed by atoms with van der Waals surface area (Å²) in [6.45, 7) is 1.88. The molecule has 40 heavy (non-hydrogen) atoms. The first kappa shape index (κ1) is 27.3. The van der Waals surface area contributed by atoms with Crippen LogP contribution in [0.15, 0.2) is 66.9 Å². The predicted molar refractivity (Wildman–Crippen MR) is 146 cm³/mol. The summed E-state index contributed by atoms with van der Waals surface area (Å²) in [5, 5.41) is 3.96. The van der Waals surface area contributed by atoms with Crippen LogP contribution in [0.5, 0.6) is 17.4 Å². The van der Waals surface area contributed by atoms with Gasteiger partial charge in [-0.1, -0.05) is 12.1 Å². The van der Waals surface area contributed by atoms with Gasteiger partial charge in [0.1, 0.15) is 17.2 Å². The Morgan fingerprint density at radius 3 is 2.35 bits per heavy atom. The van der Waals surface area contributed by atoms with E-state index >= 15 is 0 Å². The number of aromatic nitrogens is 2. The van der Waals surface area contributed by atoms with Crippen LogP contribution in [0.4, 0.5) is 18.9 Å². The molecule has 4 aromatic rings. The normalized spacial score (nSPS) is 14.4. The summed E-state index contributed by atoms with van der Waals surface area (Å²) in [5.41, 5.74) is 3.35. The van der Waals surface area contributed by atoms with Gasteiger partial charge in [0, 0.05) is 64.3 Å². The summed E-state index contributed by atoms with van der Waals surface area (Å²) in [4.78, 5) is 21.8. The van der Waals surface area contributed by atoms with Gasteiger partial charge in [0.2, 0.25) is 5.88 Å². The van der Waals surface area contributed by atoms with E-state index in [1.54, 1.807) is 36.5 Å². The Balaban J connectivity index is 1.18. The molecular formula is C29H30F3N5O3. The fourth-order valence-corrected chi connectivity index (χ4v) is 4.67. The van der Waals surface area contributed by atoms with E-state index in [9.17, 15) is 18.0 Å². The zero-order chi connectivity index (χ0) is 28.3. The van der Waals surface area contributed by atoms with Crippen molar-refractivity contribution in [3.05, 3.63) is 78.1 Å². The third-order valence-electron chi connectivity index (χ3n) is 6.87. The molecule has 1 amide bonds. The molecule has 1 saturated heterocycles. The van der Waals surface area contributed by atoms with E-state index in [-0.39, 0.29) is 11.7 Å². The molecule has 0 aliphatic carbocycles. The summed E-state index contributed by atoms with van der Waals surface area (Å²) in [6, 6.07) is 17.9. The van der Waals surface area contributed by atoms with Gasteiger partial charge in [-0.25, -0.2) is 4.98 Å². The van der Waals surface area contributed by atoms with Crippen molar-refractivity contribution in [2.24, 2.45) is 7.05 Å². The molecule has 1 aliphatic rings. The Bertz CT molecular complexity index is 1460. The zero-order valence-corrected chi connectivity index (χ0v) is 22.2. The number of hydrogen-bond donors (Lipinski definition) is 1. The lowest BCUT2D eigenvalue weighted by Gasteiger charge is -2.34. The maximum Gasteiger partial charge on any atom is 0.422 e. The topological polar surface area (TPSA) is 71.9 Å². The summed E-state index contributed by atoms with van der Waals surface area (Å²) < 4.78 is 49.6. The fourth-order valence-electron chi connectivity index (χ4n) is 4.67. The monoisotopic (exact) mass is 553 g/mol. The highest BCUT2D eigenvalue weighted by molar-refractivity contribution is 5.99. The summed E-state index contributed by atoms with van der Waals surface area (Å²) in [5.74, 6) is 1.26. The molecule has 2 aromatic heterocycles. The molecule has 1 aliphatic heterocycles. The fraction of sp³-hybridized carbons (Fsp3) is 0.310. The van der Waals surface area contributed by atoms with Gasteiger partial charge in [0.05, 0.1) is 17.4 Å². The molecule has 0 bridgehead atoms. The standard InChI is InChI=1S/C29H30F3N5O3/c1-33-22-6-10-27(34-17-22)40-24-9-5-21-15-26(35(2)25(21)16-24)28(38)37-13-11-36(12-14-37)18-20-3-7-23(8-4-20)39-19-29(30,31)32/h3-10,15-17,33H,11-14,18-19H2,1-2H3. The third kappa shape index (κ3) is 6.48. The quantitative estimate of drug-likeness (QED) is 0.319. The molecule has 0 radical (unpaired) electrons. The Morgan fingerprint density at radius 2 is 1.70 bits per heavy atom. The summed E-state index contributed by atoms with van der Waals surface area (Å²) in [6.07, 6.45) is -2.67. The van der Waals surface area contributed by atoms with E-state index in [1.165, 1.54) is 0 Å². The van der Waals surface area contributed by atoms with E-state index in [0.717, 1.165) is 22.2 Å². The second-order valence-electron chi connectivity index (χ2n) is 9.66. The van der Waals surface area contributed by atoms with E-state index in [2.05, 4.69) is 15.2 Å². The smallest absolute Gasteiger partial charge is 0.422 e. The highest BCUT2D eigenvalue weighted by Gasteiger charge is 2.28. The average molecular weight is 554 g/mol. The van der Waals surface area contributed by atoms with Crippen LogP contribution in [0.25, 0.3) is 10.9 Å². The number of ether oxygens (including phenoxy) is 2. The van der Waals surface area contributed by atoms with Crippen molar-refractivity contribution >= 4 is 22.5 Å². The number of amides is 1. The lowest BCUT2D eigenvalue weighted by molar-refractivity contribution is -0.153. The molecule has 0 saturated carbocycles. The number of halogens is 3. The maximum absolute atomic E-state index is 13.4. The SMILES string of the molecule is CNc1ccc(Oc2ccc3cc(C(=O)N4CCN(Cc5ccc(OCC(F)(F)F)cc5)CC4)n(C)c3c2)nc1. The van der Waals surface area contributed by atoms with Crippen LogP contribution in [-0.2, 0) is 13.6 Å². The van der Waals surface area contributed by atoms with Crippen molar-refractivity contribution in [1.82, 2.24) is 19.4 Å². The first-order valence-corrected chi connectivity index (χ1v) is 12.9. The minimum atomic E-state index is -4.36.